The van der Waals surface area contributed by atoms with E-state index in [2.05, 4.69) is 0 Å². The summed E-state index contributed by atoms with van der Waals surface area (Å²) in [7, 11) is 1.49. The first-order chi connectivity index (χ1) is 22.7. The minimum atomic E-state index is -5.09. The molecule has 15 heteroatoms. The fourth-order valence-electron chi connectivity index (χ4n) is 6.00. The molecule has 2 fully saturated rings. The van der Waals surface area contributed by atoms with Gasteiger partial charge in [0.1, 0.15) is 24.6 Å². The molecule has 2 aliphatic heterocycles. The van der Waals surface area contributed by atoms with E-state index in [9.17, 15) is 40.7 Å². The maximum Gasteiger partial charge on any atom is 0.416 e. The topological polar surface area (TPSA) is 105 Å². The third-order valence-corrected chi connectivity index (χ3v) is 8.34. The van der Waals surface area contributed by atoms with Gasteiger partial charge < -0.3 is 25.0 Å². The van der Waals surface area contributed by atoms with Gasteiger partial charge in [0.05, 0.1) is 30.7 Å². The highest BCUT2D eigenvalue weighted by Crippen LogP contribution is 2.37. The molecule has 2 saturated heterocycles. The van der Waals surface area contributed by atoms with Crippen LogP contribution < -0.4 is 10.5 Å². The number of benzene rings is 3. The molecule has 0 aliphatic carbocycles. The summed E-state index contributed by atoms with van der Waals surface area (Å²) in [5, 5.41) is 0. The number of ether oxygens (including phenoxy) is 2. The maximum absolute atomic E-state index is 14.0. The Morgan fingerprint density at radius 2 is 1.46 bits per heavy atom. The summed E-state index contributed by atoms with van der Waals surface area (Å²) in [5.74, 6) is -1.18. The van der Waals surface area contributed by atoms with Crippen LogP contribution in [0.5, 0.6) is 5.75 Å². The standard InChI is InChI=1S/C33H32F6N4O5/c1-47-26-9-7-20(8-10-26)11-23-17-42(31(46)48-19-22-12-24(32(34,35)36)14-25(13-22)33(37,38)39)28-18-41(16-21-5-3-2-4-6-21)30(45)27(15-40)43(28)29(23)44/h2-10,12-14,23,27-28H,11,15-19,40H2,1H3/t23-,27-,28+/m0/s1. The number of alkyl halides is 6. The van der Waals surface area contributed by atoms with Gasteiger partial charge in [-0.15, -0.1) is 0 Å². The van der Waals surface area contributed by atoms with Crippen LogP contribution >= 0.6 is 0 Å². The fourth-order valence-corrected chi connectivity index (χ4v) is 6.00. The van der Waals surface area contributed by atoms with Gasteiger partial charge in [-0.2, -0.15) is 26.3 Å². The van der Waals surface area contributed by atoms with E-state index in [0.29, 0.717) is 23.4 Å². The molecule has 5 rings (SSSR count). The van der Waals surface area contributed by atoms with Crippen LogP contribution in [0, 0.1) is 5.92 Å². The molecule has 3 atom stereocenters. The van der Waals surface area contributed by atoms with Gasteiger partial charge in [-0.3, -0.25) is 14.5 Å². The number of nitrogens with zero attached hydrogens (tertiary/aromatic N) is 3. The van der Waals surface area contributed by atoms with Crippen LogP contribution in [0.15, 0.2) is 72.8 Å². The molecule has 0 spiro atoms. The fraction of sp³-hybridized carbons (Fsp3) is 0.364. The lowest BCUT2D eigenvalue weighted by molar-refractivity contribution is -0.172. The largest absolute Gasteiger partial charge is 0.497 e. The van der Waals surface area contributed by atoms with Crippen molar-refractivity contribution < 1.29 is 50.2 Å². The minimum absolute atomic E-state index is 0.0173. The number of halogens is 6. The van der Waals surface area contributed by atoms with Crippen LogP contribution in [0.1, 0.15) is 27.8 Å². The molecular weight excluding hydrogens is 646 g/mol. The molecule has 0 saturated carbocycles. The van der Waals surface area contributed by atoms with Gasteiger partial charge in [0.15, 0.2) is 0 Å². The molecule has 2 heterocycles. The third-order valence-electron chi connectivity index (χ3n) is 8.34. The molecule has 0 radical (unpaired) electrons. The minimum Gasteiger partial charge on any atom is -0.497 e. The zero-order valence-electron chi connectivity index (χ0n) is 25.6. The predicted molar refractivity (Wildman–Crippen MR) is 159 cm³/mol. The van der Waals surface area contributed by atoms with Crippen LogP contribution in [0.25, 0.3) is 0 Å². The average molecular weight is 679 g/mol. The Hall–Kier alpha value is -4.79. The molecule has 0 aromatic heterocycles. The SMILES string of the molecule is COc1ccc(C[C@H]2CN(C(=O)OCc3cc(C(F)(F)F)cc(C(F)(F)F)c3)[C@H]3CN(Cc4ccccc4)C(=O)[C@H](CN)N3C2=O)cc1. The number of amides is 3. The van der Waals surface area contributed by atoms with Crippen LogP contribution in [0.2, 0.25) is 0 Å². The van der Waals surface area contributed by atoms with Crippen molar-refractivity contribution in [3.8, 4) is 5.75 Å². The number of fused-ring (bicyclic) bond motifs is 1. The predicted octanol–water partition coefficient (Wildman–Crippen LogP) is 5.07. The van der Waals surface area contributed by atoms with Crippen molar-refractivity contribution in [1.82, 2.24) is 14.7 Å². The number of rotatable bonds is 8. The Morgan fingerprint density at radius 3 is 2.02 bits per heavy atom. The summed E-state index contributed by atoms with van der Waals surface area (Å²) in [5.41, 5.74) is 3.88. The highest BCUT2D eigenvalue weighted by atomic mass is 19.4. The molecule has 2 aliphatic rings. The second-order valence-corrected chi connectivity index (χ2v) is 11.6. The molecule has 0 bridgehead atoms. The monoisotopic (exact) mass is 678 g/mol. The van der Waals surface area contributed by atoms with Crippen LogP contribution in [0.4, 0.5) is 31.1 Å². The van der Waals surface area contributed by atoms with Gasteiger partial charge in [-0.25, -0.2) is 4.79 Å². The molecule has 256 valence electrons. The zero-order chi connectivity index (χ0) is 34.8. The number of hydrogen-bond acceptors (Lipinski definition) is 6. The number of carbonyl (C=O) groups is 3. The molecule has 2 N–H and O–H groups in total. The molecule has 3 amide bonds. The van der Waals surface area contributed by atoms with Gasteiger partial charge in [0.25, 0.3) is 0 Å². The van der Waals surface area contributed by atoms with Gasteiger partial charge in [0, 0.05) is 19.6 Å². The lowest BCUT2D eigenvalue weighted by Gasteiger charge is -2.53. The number of carbonyl (C=O) groups excluding carboxylic acids is 3. The van der Waals surface area contributed by atoms with Crippen molar-refractivity contribution in [3.05, 3.63) is 101 Å². The molecular formula is C33H32F6N4O5. The van der Waals surface area contributed by atoms with Gasteiger partial charge in [-0.1, -0.05) is 42.5 Å². The van der Waals surface area contributed by atoms with E-state index >= 15 is 0 Å². The normalized spacial score (nSPS) is 20.1. The zero-order valence-corrected chi connectivity index (χ0v) is 25.6. The van der Waals surface area contributed by atoms with Crippen molar-refractivity contribution in [3.63, 3.8) is 0 Å². The van der Waals surface area contributed by atoms with Crippen molar-refractivity contribution >= 4 is 17.9 Å². The first kappa shape index (κ1) is 34.5. The van der Waals surface area contributed by atoms with Gasteiger partial charge in [0.2, 0.25) is 11.8 Å². The Labute approximate surface area is 271 Å². The lowest BCUT2D eigenvalue weighted by atomic mass is 9.91. The molecule has 3 aromatic carbocycles. The van der Waals surface area contributed by atoms with Crippen molar-refractivity contribution in [2.75, 3.05) is 26.7 Å². The van der Waals surface area contributed by atoms with Crippen molar-refractivity contribution in [2.24, 2.45) is 11.7 Å². The van der Waals surface area contributed by atoms with Gasteiger partial charge in [-0.05, 0) is 53.4 Å². The van der Waals surface area contributed by atoms with E-state index < -0.39 is 71.7 Å². The lowest BCUT2D eigenvalue weighted by Crippen LogP contribution is -2.74. The quantitative estimate of drug-likeness (QED) is 0.334. The third kappa shape index (κ3) is 7.51. The first-order valence-electron chi connectivity index (χ1n) is 14.9. The molecule has 48 heavy (non-hydrogen) atoms. The van der Waals surface area contributed by atoms with Crippen LogP contribution in [-0.4, -0.2) is 71.6 Å². The van der Waals surface area contributed by atoms with Gasteiger partial charge >= 0.3 is 18.4 Å². The molecule has 3 aromatic rings. The summed E-state index contributed by atoms with van der Waals surface area (Å²) in [4.78, 5) is 45.2. The second-order valence-electron chi connectivity index (χ2n) is 11.6. The highest BCUT2D eigenvalue weighted by molar-refractivity contribution is 5.92. The Morgan fingerprint density at radius 1 is 0.833 bits per heavy atom. The highest BCUT2D eigenvalue weighted by Gasteiger charge is 2.51. The maximum atomic E-state index is 14.0. The molecule has 0 unspecified atom stereocenters. The Kier molecular flexibility index (Phi) is 9.89. The van der Waals surface area contributed by atoms with E-state index in [1.807, 2.05) is 0 Å². The summed E-state index contributed by atoms with van der Waals surface area (Å²) in [6.45, 7) is -1.39. The first-order valence-corrected chi connectivity index (χ1v) is 14.9. The number of nitrogens with two attached hydrogens (primary N) is 1. The summed E-state index contributed by atoms with van der Waals surface area (Å²) < 4.78 is 91.1. The summed E-state index contributed by atoms with van der Waals surface area (Å²) in [6.07, 6.45) is -12.2. The Bertz CT molecular complexity index is 1600. The van der Waals surface area contributed by atoms with E-state index in [4.69, 9.17) is 15.2 Å². The van der Waals surface area contributed by atoms with E-state index in [1.54, 1.807) is 54.6 Å². The average Bonchev–Trinajstić information content (AvgIpc) is 3.05. The van der Waals surface area contributed by atoms with Crippen molar-refractivity contribution in [1.29, 1.82) is 0 Å². The summed E-state index contributed by atoms with van der Waals surface area (Å²) in [6, 6.07) is 15.6. The van der Waals surface area contributed by atoms with Crippen molar-refractivity contribution in [2.45, 2.75) is 44.1 Å². The molecule has 9 nitrogen and oxygen atoms in total. The van der Waals surface area contributed by atoms with Crippen LogP contribution in [-0.2, 0) is 46.3 Å². The smallest absolute Gasteiger partial charge is 0.416 e. The van der Waals surface area contributed by atoms with E-state index in [1.165, 1.54) is 21.8 Å². The Balaban J connectivity index is 1.45. The second kappa shape index (κ2) is 13.7. The summed E-state index contributed by atoms with van der Waals surface area (Å²) >= 11 is 0. The number of hydrogen-bond donors (Lipinski definition) is 1. The number of piperazine rings is 1. The van der Waals surface area contributed by atoms with Crippen LogP contribution in [0.3, 0.4) is 0 Å². The number of methoxy groups -OCH3 is 1. The van der Waals surface area contributed by atoms with E-state index in [-0.39, 0.29) is 38.7 Å². The van der Waals surface area contributed by atoms with E-state index in [0.717, 1.165) is 5.56 Å².